The Bertz CT molecular complexity index is 290. The first-order valence-electron chi connectivity index (χ1n) is 5.72. The summed E-state index contributed by atoms with van der Waals surface area (Å²) in [6.07, 6.45) is 0.689. The molecule has 0 aromatic carbocycles. The third kappa shape index (κ3) is 4.30. The van der Waals surface area contributed by atoms with Crippen LogP contribution in [0.2, 0.25) is 0 Å². The Morgan fingerprint density at radius 1 is 1.65 bits per heavy atom. The summed E-state index contributed by atoms with van der Waals surface area (Å²) in [4.78, 5) is 13.5. The molecule has 96 valence electrons. The van der Waals surface area contributed by atoms with Crippen molar-refractivity contribution in [3.63, 3.8) is 0 Å². The number of likely N-dealkylation sites (tertiary alicyclic amines) is 1. The molecule has 2 N–H and O–H groups in total. The molecule has 6 heteroatoms. The van der Waals surface area contributed by atoms with E-state index in [9.17, 15) is 4.79 Å². The average molecular weight is 241 g/mol. The number of hydrogen-bond acceptors (Lipinski definition) is 6. The van der Waals surface area contributed by atoms with Gasteiger partial charge in [0.2, 0.25) is 0 Å². The lowest BCUT2D eigenvalue weighted by Crippen LogP contribution is -2.51. The van der Waals surface area contributed by atoms with Gasteiger partial charge in [0, 0.05) is 25.7 Å². The van der Waals surface area contributed by atoms with E-state index >= 15 is 0 Å². The van der Waals surface area contributed by atoms with E-state index in [0.717, 1.165) is 6.54 Å². The molecule has 1 aliphatic rings. The molecule has 2 unspecified atom stereocenters. The first-order valence-corrected chi connectivity index (χ1v) is 5.72. The number of carbonyl (C=O) groups is 1. The highest BCUT2D eigenvalue weighted by Gasteiger charge is 2.31. The highest BCUT2D eigenvalue weighted by molar-refractivity contribution is 5.72. The number of piperidine rings is 1. The van der Waals surface area contributed by atoms with E-state index in [0.29, 0.717) is 26.1 Å². The van der Waals surface area contributed by atoms with Gasteiger partial charge in [-0.1, -0.05) is 0 Å². The highest BCUT2D eigenvalue weighted by atomic mass is 16.5. The van der Waals surface area contributed by atoms with Gasteiger partial charge >= 0.3 is 5.97 Å². The van der Waals surface area contributed by atoms with Crippen molar-refractivity contribution >= 4 is 5.97 Å². The molecule has 1 aliphatic heterocycles. The third-order valence-electron chi connectivity index (χ3n) is 2.90. The Morgan fingerprint density at radius 2 is 2.41 bits per heavy atom. The van der Waals surface area contributed by atoms with Gasteiger partial charge in [-0.25, -0.2) is 0 Å². The molecular weight excluding hydrogens is 222 g/mol. The minimum atomic E-state index is -0.233. The molecule has 0 radical (unpaired) electrons. The Morgan fingerprint density at radius 3 is 3.00 bits per heavy atom. The van der Waals surface area contributed by atoms with E-state index in [4.69, 9.17) is 15.1 Å². The van der Waals surface area contributed by atoms with E-state index < -0.39 is 0 Å². The van der Waals surface area contributed by atoms with Crippen LogP contribution in [-0.2, 0) is 9.53 Å². The van der Waals surface area contributed by atoms with Gasteiger partial charge in [0.05, 0.1) is 32.2 Å². The van der Waals surface area contributed by atoms with Crippen molar-refractivity contribution in [3.05, 3.63) is 0 Å². The number of hydrogen-bond donors (Lipinski definition) is 2. The summed E-state index contributed by atoms with van der Waals surface area (Å²) in [5.74, 6) is -0.429. The standard InChI is InChI=1S/C11H19N3O3/c1-17-11(16)9-6-10(13-3-5-15)8-14(7-9)4-2-12/h9-10,13,15H,3-8H2,1H3. The molecule has 6 nitrogen and oxygen atoms in total. The van der Waals surface area contributed by atoms with Crippen molar-refractivity contribution < 1.29 is 14.6 Å². The van der Waals surface area contributed by atoms with E-state index in [1.54, 1.807) is 0 Å². The molecular formula is C11H19N3O3. The minimum Gasteiger partial charge on any atom is -0.469 e. The van der Waals surface area contributed by atoms with Gasteiger partial charge in [-0.05, 0) is 6.42 Å². The number of aliphatic hydroxyl groups is 1. The van der Waals surface area contributed by atoms with Gasteiger partial charge in [-0.15, -0.1) is 0 Å². The summed E-state index contributed by atoms with van der Waals surface area (Å²) >= 11 is 0. The number of nitrogens with one attached hydrogen (secondary N) is 1. The number of rotatable bonds is 5. The summed E-state index contributed by atoms with van der Waals surface area (Å²) < 4.78 is 4.74. The molecule has 17 heavy (non-hydrogen) atoms. The minimum absolute atomic E-state index is 0.0671. The molecule has 1 heterocycles. The summed E-state index contributed by atoms with van der Waals surface area (Å²) in [6.45, 7) is 2.17. The second kappa shape index (κ2) is 7.22. The van der Waals surface area contributed by atoms with Crippen LogP contribution in [0.1, 0.15) is 6.42 Å². The lowest BCUT2D eigenvalue weighted by molar-refractivity contribution is -0.147. The van der Waals surface area contributed by atoms with Gasteiger partial charge in [-0.3, -0.25) is 9.69 Å². The van der Waals surface area contributed by atoms with Crippen LogP contribution >= 0.6 is 0 Å². The molecule has 0 aromatic rings. The van der Waals surface area contributed by atoms with E-state index in [-0.39, 0.29) is 24.5 Å². The quantitative estimate of drug-likeness (QED) is 0.472. The van der Waals surface area contributed by atoms with Gasteiger partial charge < -0.3 is 15.2 Å². The number of methoxy groups -OCH3 is 1. The number of carbonyl (C=O) groups excluding carboxylic acids is 1. The van der Waals surface area contributed by atoms with Crippen LogP contribution in [0.3, 0.4) is 0 Å². The number of nitriles is 1. The van der Waals surface area contributed by atoms with Crippen LogP contribution in [0.25, 0.3) is 0 Å². The Balaban J connectivity index is 2.56. The molecule has 1 rings (SSSR count). The van der Waals surface area contributed by atoms with Crippen molar-refractivity contribution in [2.75, 3.05) is 39.9 Å². The van der Waals surface area contributed by atoms with Crippen LogP contribution in [0, 0.1) is 17.2 Å². The Hall–Kier alpha value is -1.16. The van der Waals surface area contributed by atoms with E-state index in [1.807, 2.05) is 4.90 Å². The van der Waals surface area contributed by atoms with Gasteiger partial charge in [-0.2, -0.15) is 5.26 Å². The molecule has 0 aliphatic carbocycles. The summed E-state index contributed by atoms with van der Waals surface area (Å²) in [5.41, 5.74) is 0. The van der Waals surface area contributed by atoms with Crippen molar-refractivity contribution in [2.45, 2.75) is 12.5 Å². The normalized spacial score (nSPS) is 25.2. The SMILES string of the molecule is COC(=O)C1CC(NCCO)CN(CC#N)C1. The Kier molecular flexibility index (Phi) is 5.91. The predicted molar refractivity (Wildman–Crippen MR) is 61.1 cm³/mol. The Labute approximate surface area is 101 Å². The summed E-state index contributed by atoms with van der Waals surface area (Å²) in [6, 6.07) is 2.21. The highest BCUT2D eigenvalue weighted by Crippen LogP contribution is 2.17. The summed E-state index contributed by atoms with van der Waals surface area (Å²) in [5, 5.41) is 20.6. The van der Waals surface area contributed by atoms with Gasteiger partial charge in [0.15, 0.2) is 0 Å². The zero-order chi connectivity index (χ0) is 12.7. The first-order chi connectivity index (χ1) is 8.21. The topological polar surface area (TPSA) is 85.6 Å². The van der Waals surface area contributed by atoms with E-state index in [1.165, 1.54) is 7.11 Å². The van der Waals surface area contributed by atoms with Crippen LogP contribution in [0.4, 0.5) is 0 Å². The van der Waals surface area contributed by atoms with Gasteiger partial charge in [0.1, 0.15) is 0 Å². The molecule has 0 spiro atoms. The largest absolute Gasteiger partial charge is 0.469 e. The predicted octanol–water partition coefficient (Wildman–Crippen LogP) is -1.04. The molecule has 1 fully saturated rings. The number of esters is 1. The fraction of sp³-hybridized carbons (Fsp3) is 0.818. The molecule has 2 atom stereocenters. The van der Waals surface area contributed by atoms with Crippen LogP contribution in [0.15, 0.2) is 0 Å². The summed E-state index contributed by atoms with van der Waals surface area (Å²) in [7, 11) is 1.38. The maximum Gasteiger partial charge on any atom is 0.310 e. The second-order valence-electron chi connectivity index (χ2n) is 4.18. The number of ether oxygens (including phenoxy) is 1. The monoisotopic (exact) mass is 241 g/mol. The van der Waals surface area contributed by atoms with E-state index in [2.05, 4.69) is 11.4 Å². The maximum atomic E-state index is 11.5. The molecule has 0 bridgehead atoms. The van der Waals surface area contributed by atoms with Crippen molar-refractivity contribution in [1.82, 2.24) is 10.2 Å². The molecule has 0 aromatic heterocycles. The van der Waals surface area contributed by atoms with Crippen molar-refractivity contribution in [1.29, 1.82) is 5.26 Å². The molecule has 0 amide bonds. The average Bonchev–Trinajstić information content (AvgIpc) is 2.35. The van der Waals surface area contributed by atoms with Crippen LogP contribution < -0.4 is 5.32 Å². The zero-order valence-electron chi connectivity index (χ0n) is 10.1. The van der Waals surface area contributed by atoms with Crippen molar-refractivity contribution in [3.8, 4) is 6.07 Å². The third-order valence-corrected chi connectivity index (χ3v) is 2.90. The smallest absolute Gasteiger partial charge is 0.310 e. The fourth-order valence-electron chi connectivity index (χ4n) is 2.17. The lowest BCUT2D eigenvalue weighted by atomic mass is 9.94. The lowest BCUT2D eigenvalue weighted by Gasteiger charge is -2.35. The number of nitrogens with zero attached hydrogens (tertiary/aromatic N) is 2. The zero-order valence-corrected chi connectivity index (χ0v) is 10.1. The fourth-order valence-corrected chi connectivity index (χ4v) is 2.17. The molecule has 1 saturated heterocycles. The van der Waals surface area contributed by atoms with Crippen LogP contribution in [-0.4, -0.2) is 61.9 Å². The van der Waals surface area contributed by atoms with Gasteiger partial charge in [0.25, 0.3) is 0 Å². The first kappa shape index (κ1) is 13.9. The van der Waals surface area contributed by atoms with Crippen LogP contribution in [0.5, 0.6) is 0 Å². The van der Waals surface area contributed by atoms with Crippen molar-refractivity contribution in [2.24, 2.45) is 5.92 Å². The maximum absolute atomic E-state index is 11.5. The molecule has 0 saturated carbocycles. The second-order valence-corrected chi connectivity index (χ2v) is 4.18. The number of aliphatic hydroxyl groups excluding tert-OH is 1.